The van der Waals surface area contributed by atoms with Gasteiger partial charge in [0.2, 0.25) is 23.6 Å². The van der Waals surface area contributed by atoms with Crippen molar-refractivity contribution < 1.29 is 18.9 Å². The van der Waals surface area contributed by atoms with Gasteiger partial charge in [-0.1, -0.05) is 12.1 Å². The molecule has 2 N–H and O–H groups in total. The topological polar surface area (TPSA) is 123 Å². The van der Waals surface area contributed by atoms with Crippen LogP contribution < -0.4 is 5.73 Å². The number of nitrogens with zero attached hydrogens (tertiary/aromatic N) is 4. The van der Waals surface area contributed by atoms with Crippen LogP contribution in [0.1, 0.15) is 32.0 Å². The predicted octanol–water partition coefficient (Wildman–Crippen LogP) is -0.643. The molecule has 0 bridgehead atoms. The summed E-state index contributed by atoms with van der Waals surface area (Å²) in [7, 11) is 0. The van der Waals surface area contributed by atoms with Crippen molar-refractivity contribution in [1.82, 2.24) is 19.9 Å². The Morgan fingerprint density at radius 1 is 1.25 bits per heavy atom. The van der Waals surface area contributed by atoms with Crippen molar-refractivity contribution in [2.24, 2.45) is 11.7 Å². The summed E-state index contributed by atoms with van der Waals surface area (Å²) in [5, 5.41) is 3.79. The third-order valence-electron chi connectivity index (χ3n) is 4.10. The summed E-state index contributed by atoms with van der Waals surface area (Å²) in [4.78, 5) is 42.9. The highest BCUT2D eigenvalue weighted by molar-refractivity contribution is 5.81. The molecule has 9 heteroatoms. The molecule has 0 unspecified atom stereocenters. The van der Waals surface area contributed by atoms with Crippen LogP contribution in [0.3, 0.4) is 0 Å². The van der Waals surface area contributed by atoms with Crippen LogP contribution in [0.4, 0.5) is 0 Å². The van der Waals surface area contributed by atoms with Crippen molar-refractivity contribution in [1.29, 1.82) is 0 Å². The fraction of sp³-hybridized carbons (Fsp3) is 0.667. The quantitative estimate of drug-likeness (QED) is 0.762. The average molecular weight is 337 g/mol. The van der Waals surface area contributed by atoms with Gasteiger partial charge in [0.05, 0.1) is 5.92 Å². The molecule has 132 valence electrons. The molecule has 1 atom stereocenters. The first-order chi connectivity index (χ1) is 11.4. The molecule has 0 aliphatic carbocycles. The number of hydrogen-bond donors (Lipinski definition) is 1. The van der Waals surface area contributed by atoms with Crippen molar-refractivity contribution in [3.8, 4) is 0 Å². The molecule has 9 nitrogen and oxygen atoms in total. The van der Waals surface area contributed by atoms with Crippen molar-refractivity contribution >= 4 is 17.7 Å². The smallest absolute Gasteiger partial charge is 0.227 e. The Morgan fingerprint density at radius 2 is 1.92 bits per heavy atom. The lowest BCUT2D eigenvalue weighted by Gasteiger charge is -2.22. The highest BCUT2D eigenvalue weighted by atomic mass is 16.5. The number of nitrogens with two attached hydrogens (primary N) is 1. The molecule has 1 saturated heterocycles. The van der Waals surface area contributed by atoms with E-state index in [1.807, 2.05) is 6.92 Å². The average Bonchev–Trinajstić information content (AvgIpc) is 2.88. The first-order valence-electron chi connectivity index (χ1n) is 8.04. The summed E-state index contributed by atoms with van der Waals surface area (Å²) in [5.41, 5.74) is 5.40. The van der Waals surface area contributed by atoms with Crippen molar-refractivity contribution in [3.63, 3.8) is 0 Å². The van der Waals surface area contributed by atoms with Crippen molar-refractivity contribution in [3.05, 3.63) is 11.7 Å². The number of amides is 3. The minimum Gasteiger partial charge on any atom is -0.369 e. The number of carbonyl (C=O) groups is 3. The Balaban J connectivity index is 1.96. The largest absolute Gasteiger partial charge is 0.369 e. The second kappa shape index (κ2) is 7.89. The molecule has 24 heavy (non-hydrogen) atoms. The Labute approximate surface area is 140 Å². The number of rotatable bonds is 5. The molecule has 1 aliphatic heterocycles. The Hall–Kier alpha value is -2.45. The van der Waals surface area contributed by atoms with E-state index in [1.54, 1.807) is 9.80 Å². The second-order valence-electron chi connectivity index (χ2n) is 5.86. The van der Waals surface area contributed by atoms with E-state index in [-0.39, 0.29) is 31.3 Å². The van der Waals surface area contributed by atoms with Gasteiger partial charge >= 0.3 is 0 Å². The van der Waals surface area contributed by atoms with Crippen LogP contribution in [0.5, 0.6) is 0 Å². The first kappa shape index (κ1) is 17.9. The molecule has 1 aromatic rings. The highest BCUT2D eigenvalue weighted by Crippen LogP contribution is 2.12. The fourth-order valence-electron chi connectivity index (χ4n) is 2.61. The third-order valence-corrected chi connectivity index (χ3v) is 4.10. The van der Waals surface area contributed by atoms with Crippen LogP contribution in [-0.2, 0) is 27.2 Å². The van der Waals surface area contributed by atoms with Gasteiger partial charge in [0.1, 0.15) is 0 Å². The zero-order valence-corrected chi connectivity index (χ0v) is 14.0. The van der Waals surface area contributed by atoms with Gasteiger partial charge in [-0.3, -0.25) is 14.4 Å². The summed E-state index contributed by atoms with van der Waals surface area (Å²) in [6.07, 6.45) is 1.22. The van der Waals surface area contributed by atoms with Gasteiger partial charge < -0.3 is 20.1 Å². The maximum absolute atomic E-state index is 12.4. The molecule has 0 spiro atoms. The molecule has 1 aliphatic rings. The van der Waals surface area contributed by atoms with Gasteiger partial charge in [0.25, 0.3) is 0 Å². The van der Waals surface area contributed by atoms with E-state index in [4.69, 9.17) is 10.3 Å². The predicted molar refractivity (Wildman–Crippen MR) is 83.5 cm³/mol. The van der Waals surface area contributed by atoms with E-state index in [0.29, 0.717) is 37.6 Å². The molecule has 2 rings (SSSR count). The van der Waals surface area contributed by atoms with Crippen LogP contribution in [0.2, 0.25) is 0 Å². The summed E-state index contributed by atoms with van der Waals surface area (Å²) >= 11 is 0. The van der Waals surface area contributed by atoms with E-state index in [1.165, 1.54) is 6.92 Å². The van der Waals surface area contributed by atoms with Gasteiger partial charge in [-0.05, 0) is 0 Å². The number of hydrogen-bond acceptors (Lipinski definition) is 6. The summed E-state index contributed by atoms with van der Waals surface area (Å²) < 4.78 is 5.07. The Kier molecular flexibility index (Phi) is 5.88. The lowest BCUT2D eigenvalue weighted by atomic mass is 10.1. The van der Waals surface area contributed by atoms with E-state index in [0.717, 1.165) is 0 Å². The zero-order chi connectivity index (χ0) is 17.7. The standard InChI is InChI=1S/C15H23N5O4/c1-3-12-17-13(24-18-12)4-5-14(22)20-7-6-19(10(2)21)8-11(9-20)15(16)23/h11H,3-9H2,1-2H3,(H2,16,23)/t11-/m0/s1. The number of aromatic nitrogens is 2. The molecule has 1 aromatic heterocycles. The third kappa shape index (κ3) is 4.53. The van der Waals surface area contributed by atoms with Crippen molar-refractivity contribution in [2.75, 3.05) is 26.2 Å². The molecule has 3 amide bonds. The molecular formula is C15H23N5O4. The minimum absolute atomic E-state index is 0.122. The van der Waals surface area contributed by atoms with Gasteiger partial charge in [-0.25, -0.2) is 0 Å². The maximum Gasteiger partial charge on any atom is 0.227 e. The minimum atomic E-state index is -0.560. The first-order valence-corrected chi connectivity index (χ1v) is 8.04. The maximum atomic E-state index is 12.4. The lowest BCUT2D eigenvalue weighted by Crippen LogP contribution is -2.40. The summed E-state index contributed by atoms with van der Waals surface area (Å²) in [6.45, 7) is 4.61. The fourth-order valence-corrected chi connectivity index (χ4v) is 2.61. The highest BCUT2D eigenvalue weighted by Gasteiger charge is 2.29. The Morgan fingerprint density at radius 3 is 2.50 bits per heavy atom. The Bertz CT molecular complexity index is 615. The zero-order valence-electron chi connectivity index (χ0n) is 14.0. The lowest BCUT2D eigenvalue weighted by molar-refractivity contribution is -0.132. The summed E-state index contributed by atoms with van der Waals surface area (Å²) in [5.74, 6) is -0.290. The number of primary amides is 1. The summed E-state index contributed by atoms with van der Waals surface area (Å²) in [6, 6.07) is 0. The SMILES string of the molecule is CCc1noc(CCC(=O)N2CCN(C(C)=O)C[C@H](C(N)=O)C2)n1. The van der Waals surface area contributed by atoms with Crippen LogP contribution in [0.25, 0.3) is 0 Å². The van der Waals surface area contributed by atoms with Gasteiger partial charge in [-0.2, -0.15) is 4.98 Å². The van der Waals surface area contributed by atoms with Crippen LogP contribution in [0.15, 0.2) is 4.52 Å². The normalized spacial score (nSPS) is 18.3. The molecule has 0 aromatic carbocycles. The van der Waals surface area contributed by atoms with Crippen LogP contribution in [-0.4, -0.2) is 63.8 Å². The molecule has 2 heterocycles. The van der Waals surface area contributed by atoms with Gasteiger partial charge in [-0.15, -0.1) is 0 Å². The van der Waals surface area contributed by atoms with Crippen LogP contribution in [0, 0.1) is 5.92 Å². The van der Waals surface area contributed by atoms with Crippen molar-refractivity contribution in [2.45, 2.75) is 33.1 Å². The molecular weight excluding hydrogens is 314 g/mol. The van der Waals surface area contributed by atoms with Gasteiger partial charge in [0.15, 0.2) is 5.82 Å². The van der Waals surface area contributed by atoms with Gasteiger partial charge in [0, 0.05) is 52.4 Å². The van der Waals surface area contributed by atoms with E-state index < -0.39 is 11.8 Å². The van der Waals surface area contributed by atoms with E-state index in [2.05, 4.69) is 10.1 Å². The molecule has 0 saturated carbocycles. The molecule has 1 fully saturated rings. The second-order valence-corrected chi connectivity index (χ2v) is 5.86. The number of aryl methyl sites for hydroxylation is 2. The molecule has 0 radical (unpaired) electrons. The van der Waals surface area contributed by atoms with Crippen LogP contribution >= 0.6 is 0 Å². The number of carbonyl (C=O) groups excluding carboxylic acids is 3. The monoisotopic (exact) mass is 337 g/mol. The van der Waals surface area contributed by atoms with E-state index in [9.17, 15) is 14.4 Å². The van der Waals surface area contributed by atoms with E-state index >= 15 is 0 Å².